The third-order valence-corrected chi connectivity index (χ3v) is 4.47. The molecule has 0 saturated carbocycles. The monoisotopic (exact) mass is 385 g/mol. The third kappa shape index (κ3) is 3.90. The van der Waals surface area contributed by atoms with Gasteiger partial charge in [-0.25, -0.2) is 9.07 Å². The van der Waals surface area contributed by atoms with E-state index in [1.165, 1.54) is 27.8 Å². The van der Waals surface area contributed by atoms with E-state index in [2.05, 4.69) is 5.10 Å². The summed E-state index contributed by atoms with van der Waals surface area (Å²) in [6.45, 7) is 1.84. The summed E-state index contributed by atoms with van der Waals surface area (Å²) in [5.74, 6) is -1.07. The number of hydrogen-bond donors (Lipinski definition) is 0. The van der Waals surface area contributed by atoms with Gasteiger partial charge in [0, 0.05) is 30.4 Å². The van der Waals surface area contributed by atoms with Gasteiger partial charge < -0.3 is 4.90 Å². The minimum atomic E-state index is -0.565. The van der Waals surface area contributed by atoms with E-state index in [9.17, 15) is 14.0 Å². The number of para-hydroxylation sites is 1. The average Bonchev–Trinajstić information content (AvgIpc) is 2.64. The van der Waals surface area contributed by atoms with Gasteiger partial charge in [0.1, 0.15) is 11.5 Å². The Morgan fingerprint density at radius 1 is 1.19 bits per heavy atom. The maximum Gasteiger partial charge on any atom is 0.278 e. The van der Waals surface area contributed by atoms with Crippen LogP contribution in [0.1, 0.15) is 21.7 Å². The molecule has 0 unspecified atom stereocenters. The molecule has 0 N–H and O–H groups in total. The van der Waals surface area contributed by atoms with E-state index in [0.717, 1.165) is 5.56 Å². The molecule has 0 radical (unpaired) electrons. The molecule has 27 heavy (non-hydrogen) atoms. The summed E-state index contributed by atoms with van der Waals surface area (Å²) in [5, 5.41) is 4.65. The van der Waals surface area contributed by atoms with Crippen LogP contribution in [0.15, 0.2) is 59.4 Å². The first kappa shape index (κ1) is 18.8. The molecule has 0 atom stereocenters. The van der Waals surface area contributed by atoms with E-state index in [1.54, 1.807) is 44.3 Å². The molecule has 0 aliphatic carbocycles. The number of amides is 1. The summed E-state index contributed by atoms with van der Waals surface area (Å²) in [6, 6.07) is 14.4. The smallest absolute Gasteiger partial charge is 0.278 e. The number of aromatic nitrogens is 2. The quantitative estimate of drug-likeness (QED) is 0.689. The zero-order valence-electron chi connectivity index (χ0n) is 14.8. The number of aryl methyl sites for hydroxylation is 1. The number of halogens is 2. The Balaban J connectivity index is 1.98. The Morgan fingerprint density at radius 2 is 1.85 bits per heavy atom. The lowest BCUT2D eigenvalue weighted by Crippen LogP contribution is -2.33. The summed E-state index contributed by atoms with van der Waals surface area (Å²) in [6.07, 6.45) is 0. The summed E-state index contributed by atoms with van der Waals surface area (Å²) in [4.78, 5) is 26.5. The fourth-order valence-electron chi connectivity index (χ4n) is 2.70. The van der Waals surface area contributed by atoms with E-state index in [4.69, 9.17) is 11.6 Å². The molecule has 5 nitrogen and oxygen atoms in total. The number of hydrogen-bond acceptors (Lipinski definition) is 3. The summed E-state index contributed by atoms with van der Waals surface area (Å²) >= 11 is 6.13. The number of benzene rings is 2. The lowest BCUT2D eigenvalue weighted by molar-refractivity contribution is 0.0776. The van der Waals surface area contributed by atoms with Gasteiger partial charge in [0.2, 0.25) is 5.43 Å². The maximum absolute atomic E-state index is 14.1. The van der Waals surface area contributed by atoms with Gasteiger partial charge in [-0.1, -0.05) is 41.9 Å². The molecule has 3 rings (SSSR count). The molecule has 7 heteroatoms. The highest BCUT2D eigenvalue weighted by Crippen LogP contribution is 2.17. The van der Waals surface area contributed by atoms with Crippen molar-refractivity contribution < 1.29 is 9.18 Å². The minimum Gasteiger partial charge on any atom is -0.336 e. The number of carbonyl (C=O) groups excluding carboxylic acids is 1. The zero-order valence-corrected chi connectivity index (χ0v) is 15.6. The topological polar surface area (TPSA) is 55.2 Å². The second-order valence-electron chi connectivity index (χ2n) is 6.11. The normalized spacial score (nSPS) is 10.7. The van der Waals surface area contributed by atoms with Crippen LogP contribution in [0.5, 0.6) is 0 Å². The van der Waals surface area contributed by atoms with Crippen molar-refractivity contribution >= 4 is 17.5 Å². The molecule has 0 aliphatic rings. The first-order valence-electron chi connectivity index (χ1n) is 8.23. The largest absolute Gasteiger partial charge is 0.336 e. The second kappa shape index (κ2) is 7.72. The second-order valence-corrected chi connectivity index (χ2v) is 6.52. The van der Waals surface area contributed by atoms with E-state index >= 15 is 0 Å². The SMILES string of the molecule is Cc1cc(=O)c(C(=O)N(C)Cc2ccccc2Cl)nn1-c1ccccc1F. The summed E-state index contributed by atoms with van der Waals surface area (Å²) in [7, 11) is 1.56. The Labute approximate surface area is 160 Å². The van der Waals surface area contributed by atoms with Crippen molar-refractivity contribution in [3.63, 3.8) is 0 Å². The fraction of sp³-hybridized carbons (Fsp3) is 0.150. The molecule has 0 saturated heterocycles. The number of carbonyl (C=O) groups is 1. The van der Waals surface area contributed by atoms with Crippen molar-refractivity contribution in [1.82, 2.24) is 14.7 Å². The molecule has 0 spiro atoms. The van der Waals surface area contributed by atoms with Crippen LogP contribution in [-0.4, -0.2) is 27.6 Å². The third-order valence-electron chi connectivity index (χ3n) is 4.10. The predicted octanol–water partition coefficient (Wildman–Crippen LogP) is 3.61. The van der Waals surface area contributed by atoms with Gasteiger partial charge in [0.05, 0.1) is 0 Å². The van der Waals surface area contributed by atoms with Crippen molar-refractivity contribution in [2.45, 2.75) is 13.5 Å². The standard InChI is InChI=1S/C20H17ClFN3O2/c1-13-11-18(26)19(23-25(13)17-10-6-5-9-16(17)22)20(27)24(2)12-14-7-3-4-8-15(14)21/h3-11H,12H2,1-2H3. The van der Waals surface area contributed by atoms with Crippen molar-refractivity contribution in [2.75, 3.05) is 7.05 Å². The van der Waals surface area contributed by atoms with Crippen LogP contribution in [0.4, 0.5) is 4.39 Å². The van der Waals surface area contributed by atoms with Crippen LogP contribution in [0.25, 0.3) is 5.69 Å². The number of nitrogens with zero attached hydrogens (tertiary/aromatic N) is 3. The van der Waals surface area contributed by atoms with E-state index in [1.807, 2.05) is 6.07 Å². The Bertz CT molecular complexity index is 1070. The van der Waals surface area contributed by atoms with Crippen molar-refractivity contribution in [2.24, 2.45) is 0 Å². The minimum absolute atomic E-state index is 0.165. The predicted molar refractivity (Wildman–Crippen MR) is 102 cm³/mol. The molecular weight excluding hydrogens is 369 g/mol. The van der Waals surface area contributed by atoms with Crippen LogP contribution < -0.4 is 5.43 Å². The molecule has 1 amide bonds. The first-order valence-corrected chi connectivity index (χ1v) is 8.61. The van der Waals surface area contributed by atoms with Crippen LogP contribution in [0.3, 0.4) is 0 Å². The van der Waals surface area contributed by atoms with Crippen LogP contribution in [-0.2, 0) is 6.54 Å². The Kier molecular flexibility index (Phi) is 5.37. The van der Waals surface area contributed by atoms with Gasteiger partial charge >= 0.3 is 0 Å². The van der Waals surface area contributed by atoms with Gasteiger partial charge in [-0.05, 0) is 30.7 Å². The van der Waals surface area contributed by atoms with E-state index < -0.39 is 17.2 Å². The molecule has 0 bridgehead atoms. The fourth-order valence-corrected chi connectivity index (χ4v) is 2.89. The van der Waals surface area contributed by atoms with Crippen LogP contribution in [0.2, 0.25) is 5.02 Å². The summed E-state index contributed by atoms with van der Waals surface area (Å²) < 4.78 is 15.4. The first-order chi connectivity index (χ1) is 12.9. The van der Waals surface area contributed by atoms with Gasteiger partial charge in [-0.3, -0.25) is 9.59 Å². The molecule has 1 heterocycles. The summed E-state index contributed by atoms with van der Waals surface area (Å²) in [5.41, 5.74) is 0.541. The Morgan fingerprint density at radius 3 is 2.56 bits per heavy atom. The van der Waals surface area contributed by atoms with Crippen LogP contribution >= 0.6 is 11.6 Å². The highest BCUT2D eigenvalue weighted by molar-refractivity contribution is 6.31. The maximum atomic E-state index is 14.1. The van der Waals surface area contributed by atoms with Gasteiger partial charge in [0.25, 0.3) is 5.91 Å². The lowest BCUT2D eigenvalue weighted by Gasteiger charge is -2.18. The molecule has 1 aromatic heterocycles. The molecule has 0 fully saturated rings. The molecule has 2 aromatic carbocycles. The van der Waals surface area contributed by atoms with Gasteiger partial charge in [-0.15, -0.1) is 0 Å². The van der Waals surface area contributed by atoms with Crippen molar-refractivity contribution in [1.29, 1.82) is 0 Å². The zero-order chi connectivity index (χ0) is 19.6. The van der Waals surface area contributed by atoms with Gasteiger partial charge in [-0.2, -0.15) is 5.10 Å². The van der Waals surface area contributed by atoms with E-state index in [0.29, 0.717) is 10.7 Å². The van der Waals surface area contributed by atoms with E-state index in [-0.39, 0.29) is 17.9 Å². The molecular formula is C20H17ClFN3O2. The lowest BCUT2D eigenvalue weighted by atomic mass is 10.2. The Hall–Kier alpha value is -2.99. The van der Waals surface area contributed by atoms with Gasteiger partial charge in [0.15, 0.2) is 5.69 Å². The molecule has 0 aliphatic heterocycles. The highest BCUT2D eigenvalue weighted by Gasteiger charge is 2.20. The van der Waals surface area contributed by atoms with Crippen LogP contribution in [0, 0.1) is 12.7 Å². The highest BCUT2D eigenvalue weighted by atomic mass is 35.5. The van der Waals surface area contributed by atoms with Crippen molar-refractivity contribution in [3.05, 3.63) is 92.6 Å². The number of rotatable bonds is 4. The molecule has 3 aromatic rings. The van der Waals surface area contributed by atoms with Crippen molar-refractivity contribution in [3.8, 4) is 5.69 Å². The molecule has 138 valence electrons. The average molecular weight is 386 g/mol.